The zero-order chi connectivity index (χ0) is 20.3. The zero-order valence-electron chi connectivity index (χ0n) is 14.7. The maximum atomic E-state index is 12.6. The van der Waals surface area contributed by atoms with Crippen LogP contribution in [0.5, 0.6) is 0 Å². The van der Waals surface area contributed by atoms with Gasteiger partial charge in [-0.05, 0) is 18.2 Å². The second kappa shape index (κ2) is 7.82. The molecule has 3 rings (SSSR count). The quantitative estimate of drug-likeness (QED) is 0.439. The van der Waals surface area contributed by atoms with E-state index >= 15 is 0 Å². The van der Waals surface area contributed by atoms with E-state index in [0.29, 0.717) is 38.2 Å². The summed E-state index contributed by atoms with van der Waals surface area (Å²) in [5.41, 5.74) is 0.510. The Hall–Kier alpha value is -3.82. The maximum Gasteiger partial charge on any atom is 0.293 e. The summed E-state index contributed by atoms with van der Waals surface area (Å²) in [5.74, 6) is -0.325. The van der Waals surface area contributed by atoms with Crippen molar-refractivity contribution in [2.24, 2.45) is 0 Å². The van der Waals surface area contributed by atoms with E-state index in [9.17, 15) is 29.8 Å². The first kappa shape index (κ1) is 19.0. The second-order valence-electron chi connectivity index (χ2n) is 6.21. The predicted octanol–water partition coefficient (Wildman–Crippen LogP) is 2.28. The first-order valence-corrected chi connectivity index (χ1v) is 8.43. The van der Waals surface area contributed by atoms with Crippen LogP contribution in [-0.4, -0.2) is 53.1 Å². The number of aldehydes is 1. The van der Waals surface area contributed by atoms with Crippen LogP contribution < -0.4 is 4.90 Å². The summed E-state index contributed by atoms with van der Waals surface area (Å²) in [5, 5.41) is 22.2. The smallest absolute Gasteiger partial charge is 0.293 e. The van der Waals surface area contributed by atoms with Crippen LogP contribution >= 0.6 is 0 Å². The van der Waals surface area contributed by atoms with Gasteiger partial charge in [0.1, 0.15) is 12.0 Å². The summed E-state index contributed by atoms with van der Waals surface area (Å²) in [6.07, 6.45) is 0.548. The minimum absolute atomic E-state index is 0.157. The van der Waals surface area contributed by atoms with E-state index < -0.39 is 9.85 Å². The minimum atomic E-state index is -0.559. The third-order valence-corrected chi connectivity index (χ3v) is 4.54. The molecule has 1 aliphatic rings. The average Bonchev–Trinajstić information content (AvgIpc) is 2.73. The molecule has 1 fully saturated rings. The van der Waals surface area contributed by atoms with Crippen molar-refractivity contribution in [3.8, 4) is 0 Å². The molecule has 0 aromatic heterocycles. The van der Waals surface area contributed by atoms with Crippen LogP contribution in [0.3, 0.4) is 0 Å². The molecular formula is C18H16N4O6. The molecule has 2 aromatic rings. The number of carbonyl (C=O) groups excluding carboxylic acids is 2. The zero-order valence-corrected chi connectivity index (χ0v) is 14.7. The number of piperazine rings is 1. The number of carbonyl (C=O) groups is 2. The standard InChI is InChI=1S/C18H16N4O6/c23-12-13-4-5-16(17(10-13)22(27)28)19-6-8-20(9-7-19)18(24)14-2-1-3-15(11-14)21(25)26/h1-5,10-12H,6-9H2. The molecule has 10 heteroatoms. The van der Waals surface area contributed by atoms with Gasteiger partial charge in [0.15, 0.2) is 0 Å². The van der Waals surface area contributed by atoms with E-state index in [4.69, 9.17) is 0 Å². The maximum absolute atomic E-state index is 12.6. The molecule has 144 valence electrons. The van der Waals surface area contributed by atoms with Gasteiger partial charge in [-0.2, -0.15) is 0 Å². The molecule has 0 N–H and O–H groups in total. The first-order chi connectivity index (χ1) is 13.4. The molecule has 2 aromatic carbocycles. The number of rotatable bonds is 5. The Labute approximate surface area is 159 Å². The van der Waals surface area contributed by atoms with E-state index in [0.717, 1.165) is 0 Å². The van der Waals surface area contributed by atoms with Crippen molar-refractivity contribution < 1.29 is 19.4 Å². The van der Waals surface area contributed by atoms with E-state index in [-0.39, 0.29) is 28.4 Å². The normalized spacial score (nSPS) is 13.9. The SMILES string of the molecule is O=Cc1ccc(N2CCN(C(=O)c3cccc([N+](=O)[O-])c3)CC2)c([N+](=O)[O-])c1. The van der Waals surface area contributed by atoms with Gasteiger partial charge in [-0.15, -0.1) is 0 Å². The van der Waals surface area contributed by atoms with Crippen molar-refractivity contribution >= 4 is 29.3 Å². The Balaban J connectivity index is 1.74. The van der Waals surface area contributed by atoms with Crippen LogP contribution in [0.4, 0.5) is 17.1 Å². The van der Waals surface area contributed by atoms with Crippen molar-refractivity contribution in [2.45, 2.75) is 0 Å². The summed E-state index contributed by atoms with van der Waals surface area (Å²) < 4.78 is 0. The van der Waals surface area contributed by atoms with Gasteiger partial charge in [-0.3, -0.25) is 29.8 Å². The van der Waals surface area contributed by atoms with Gasteiger partial charge in [0.2, 0.25) is 0 Å². The van der Waals surface area contributed by atoms with Crippen LogP contribution in [0, 0.1) is 20.2 Å². The molecule has 1 saturated heterocycles. The van der Waals surface area contributed by atoms with Gasteiger partial charge < -0.3 is 9.80 Å². The molecule has 28 heavy (non-hydrogen) atoms. The Morgan fingerprint density at radius 2 is 1.68 bits per heavy atom. The third kappa shape index (κ3) is 3.80. The Kier molecular flexibility index (Phi) is 5.30. The lowest BCUT2D eigenvalue weighted by Crippen LogP contribution is -2.49. The van der Waals surface area contributed by atoms with Crippen molar-refractivity contribution in [3.63, 3.8) is 0 Å². The number of anilines is 1. The van der Waals surface area contributed by atoms with E-state index in [1.54, 1.807) is 9.80 Å². The lowest BCUT2D eigenvalue weighted by molar-refractivity contribution is -0.384. The summed E-state index contributed by atoms with van der Waals surface area (Å²) >= 11 is 0. The molecule has 0 radical (unpaired) electrons. The Bertz CT molecular complexity index is 953. The number of hydrogen-bond acceptors (Lipinski definition) is 7. The number of benzene rings is 2. The fourth-order valence-corrected chi connectivity index (χ4v) is 3.11. The van der Waals surface area contributed by atoms with Gasteiger partial charge >= 0.3 is 0 Å². The molecule has 10 nitrogen and oxygen atoms in total. The fourth-order valence-electron chi connectivity index (χ4n) is 3.11. The molecule has 1 amide bonds. The first-order valence-electron chi connectivity index (χ1n) is 8.43. The molecule has 0 bridgehead atoms. The fraction of sp³-hybridized carbons (Fsp3) is 0.222. The van der Waals surface area contributed by atoms with Crippen molar-refractivity contribution in [1.82, 2.24) is 4.90 Å². The molecule has 0 spiro atoms. The van der Waals surface area contributed by atoms with E-state index in [1.165, 1.54) is 42.5 Å². The van der Waals surface area contributed by atoms with Gasteiger partial charge in [0.25, 0.3) is 17.3 Å². The number of non-ortho nitro benzene ring substituents is 1. The molecule has 0 aliphatic carbocycles. The molecule has 0 unspecified atom stereocenters. The van der Waals surface area contributed by atoms with E-state index in [1.807, 2.05) is 0 Å². The second-order valence-corrected chi connectivity index (χ2v) is 6.21. The summed E-state index contributed by atoms with van der Waals surface area (Å²) in [4.78, 5) is 47.9. The Morgan fingerprint density at radius 1 is 0.964 bits per heavy atom. The highest BCUT2D eigenvalue weighted by Crippen LogP contribution is 2.30. The Morgan fingerprint density at radius 3 is 2.29 bits per heavy atom. The highest BCUT2D eigenvalue weighted by Gasteiger charge is 2.27. The van der Waals surface area contributed by atoms with Crippen LogP contribution in [0.2, 0.25) is 0 Å². The van der Waals surface area contributed by atoms with Crippen LogP contribution in [0.25, 0.3) is 0 Å². The number of nitro benzene ring substituents is 2. The molecule has 0 atom stereocenters. The molecule has 0 saturated carbocycles. The summed E-state index contributed by atoms with van der Waals surface area (Å²) in [6.45, 7) is 1.35. The largest absolute Gasteiger partial charge is 0.362 e. The van der Waals surface area contributed by atoms with Crippen molar-refractivity contribution in [2.75, 3.05) is 31.1 Å². The summed E-state index contributed by atoms with van der Waals surface area (Å²) in [7, 11) is 0. The van der Waals surface area contributed by atoms with Gasteiger partial charge in [0, 0.05) is 55.5 Å². The van der Waals surface area contributed by atoms with Crippen LogP contribution in [0.15, 0.2) is 42.5 Å². The minimum Gasteiger partial charge on any atom is -0.362 e. The average molecular weight is 384 g/mol. The molecule has 1 aliphatic heterocycles. The molecule has 1 heterocycles. The monoisotopic (exact) mass is 384 g/mol. The predicted molar refractivity (Wildman–Crippen MR) is 99.7 cm³/mol. The van der Waals surface area contributed by atoms with Gasteiger partial charge in [-0.25, -0.2) is 0 Å². The highest BCUT2D eigenvalue weighted by molar-refractivity contribution is 5.95. The van der Waals surface area contributed by atoms with Crippen LogP contribution in [0.1, 0.15) is 20.7 Å². The van der Waals surface area contributed by atoms with Gasteiger partial charge in [-0.1, -0.05) is 6.07 Å². The lowest BCUT2D eigenvalue weighted by atomic mass is 10.1. The topological polar surface area (TPSA) is 127 Å². The molecular weight excluding hydrogens is 368 g/mol. The summed E-state index contributed by atoms with van der Waals surface area (Å²) in [6, 6.07) is 9.79. The lowest BCUT2D eigenvalue weighted by Gasteiger charge is -2.35. The number of nitrogens with zero attached hydrogens (tertiary/aromatic N) is 4. The van der Waals surface area contributed by atoms with Crippen LogP contribution in [-0.2, 0) is 0 Å². The number of hydrogen-bond donors (Lipinski definition) is 0. The number of amides is 1. The highest BCUT2D eigenvalue weighted by atomic mass is 16.6. The van der Waals surface area contributed by atoms with E-state index in [2.05, 4.69) is 0 Å². The number of nitro groups is 2. The van der Waals surface area contributed by atoms with Crippen molar-refractivity contribution in [1.29, 1.82) is 0 Å². The van der Waals surface area contributed by atoms with Gasteiger partial charge in [0.05, 0.1) is 9.85 Å². The third-order valence-electron chi connectivity index (χ3n) is 4.54. The van der Waals surface area contributed by atoms with Crippen molar-refractivity contribution in [3.05, 3.63) is 73.8 Å².